The van der Waals surface area contributed by atoms with E-state index in [1.165, 1.54) is 5.56 Å². The molecule has 0 aromatic heterocycles. The van der Waals surface area contributed by atoms with Crippen LogP contribution in [-0.2, 0) is 6.54 Å². The summed E-state index contributed by atoms with van der Waals surface area (Å²) in [4.78, 5) is 9.74. The third-order valence-corrected chi connectivity index (χ3v) is 6.36. The van der Waals surface area contributed by atoms with E-state index in [4.69, 9.17) is 9.47 Å². The van der Waals surface area contributed by atoms with Crippen LogP contribution in [0, 0.1) is 0 Å². The molecule has 7 heteroatoms. The van der Waals surface area contributed by atoms with Crippen molar-refractivity contribution in [1.82, 2.24) is 19.6 Å². The summed E-state index contributed by atoms with van der Waals surface area (Å²) in [5.41, 5.74) is 1.23. The van der Waals surface area contributed by atoms with Gasteiger partial charge in [-0.05, 0) is 30.8 Å². The number of hydrogen-bond donors (Lipinski definition) is 1. The smallest absolute Gasteiger partial charge is 0.161 e. The maximum absolute atomic E-state index is 10.4. The Morgan fingerprint density at radius 2 is 1.40 bits per heavy atom. The Morgan fingerprint density at radius 1 is 0.833 bits per heavy atom. The normalized spacial score (nSPS) is 20.9. The first-order valence-electron chi connectivity index (χ1n) is 11.5. The van der Waals surface area contributed by atoms with E-state index in [0.29, 0.717) is 12.3 Å². The summed E-state index contributed by atoms with van der Waals surface area (Å²) in [6, 6.07) is 6.15. The van der Waals surface area contributed by atoms with Gasteiger partial charge in [-0.15, -0.1) is 0 Å². The van der Waals surface area contributed by atoms with Crippen LogP contribution in [0.2, 0.25) is 0 Å². The molecule has 1 N–H and O–H groups in total. The van der Waals surface area contributed by atoms with Crippen LogP contribution in [0.3, 0.4) is 0 Å². The predicted molar refractivity (Wildman–Crippen MR) is 120 cm³/mol. The molecule has 2 heterocycles. The van der Waals surface area contributed by atoms with Crippen LogP contribution in [0.1, 0.15) is 19.4 Å². The number of aliphatic hydroxyl groups is 1. The zero-order valence-electron chi connectivity index (χ0n) is 19.1. The molecule has 170 valence electrons. The second-order valence-corrected chi connectivity index (χ2v) is 8.40. The first kappa shape index (κ1) is 23.3. The summed E-state index contributed by atoms with van der Waals surface area (Å²) in [6.07, 6.45) is -0.502. The van der Waals surface area contributed by atoms with Crippen LogP contribution in [-0.4, -0.2) is 117 Å². The van der Waals surface area contributed by atoms with Crippen molar-refractivity contribution in [3.05, 3.63) is 23.8 Å². The molecule has 0 unspecified atom stereocenters. The highest BCUT2D eigenvalue weighted by Gasteiger charge is 2.19. The molecule has 7 nitrogen and oxygen atoms in total. The van der Waals surface area contributed by atoms with E-state index in [9.17, 15) is 5.11 Å². The van der Waals surface area contributed by atoms with Crippen molar-refractivity contribution >= 4 is 0 Å². The first-order valence-corrected chi connectivity index (χ1v) is 11.5. The number of β-amino-alcohol motifs (C(OH)–C–C–N with tert-alkyl or cyclic N) is 1. The number of methoxy groups -OCH3 is 1. The van der Waals surface area contributed by atoms with Gasteiger partial charge in [-0.3, -0.25) is 9.80 Å². The Morgan fingerprint density at radius 3 is 1.97 bits per heavy atom. The molecule has 3 rings (SSSR count). The van der Waals surface area contributed by atoms with E-state index in [1.54, 1.807) is 7.11 Å². The Bertz CT molecular complexity index is 629. The highest BCUT2D eigenvalue weighted by atomic mass is 16.5. The van der Waals surface area contributed by atoms with Gasteiger partial charge in [0.05, 0.1) is 7.11 Å². The van der Waals surface area contributed by atoms with Crippen LogP contribution in [0.25, 0.3) is 0 Å². The van der Waals surface area contributed by atoms with Gasteiger partial charge in [-0.25, -0.2) is 0 Å². The fraction of sp³-hybridized carbons (Fsp3) is 0.739. The van der Waals surface area contributed by atoms with Crippen molar-refractivity contribution in [2.24, 2.45) is 0 Å². The molecule has 0 spiro atoms. The lowest BCUT2D eigenvalue weighted by Gasteiger charge is -2.35. The minimum atomic E-state index is -0.502. The van der Waals surface area contributed by atoms with Crippen LogP contribution < -0.4 is 9.47 Å². The minimum absolute atomic E-state index is 0.280. The lowest BCUT2D eigenvalue weighted by atomic mass is 10.1. The Hall–Kier alpha value is -1.38. The number of hydrogen-bond acceptors (Lipinski definition) is 7. The standard InChI is InChI=1S/C23H40N4O3/c1-4-24-8-12-26(13-9-24)17-20-6-7-22(23(16-20)29-3)30-19-21(28)18-27-14-10-25(5-2)11-15-27/h6-7,16,21,28H,4-5,8-15,17-19H2,1-3H3/t21-/m1/s1. The molecule has 2 saturated heterocycles. The molecule has 2 fully saturated rings. The highest BCUT2D eigenvalue weighted by Crippen LogP contribution is 2.29. The monoisotopic (exact) mass is 420 g/mol. The second kappa shape index (κ2) is 11.9. The molecular formula is C23H40N4O3. The topological polar surface area (TPSA) is 51.7 Å². The van der Waals surface area contributed by atoms with E-state index < -0.39 is 6.10 Å². The Balaban J connectivity index is 1.45. The molecule has 0 aliphatic carbocycles. The summed E-state index contributed by atoms with van der Waals surface area (Å²) >= 11 is 0. The molecule has 0 saturated carbocycles. The quantitative estimate of drug-likeness (QED) is 0.611. The van der Waals surface area contributed by atoms with Crippen LogP contribution in [0.4, 0.5) is 0 Å². The van der Waals surface area contributed by atoms with Crippen LogP contribution >= 0.6 is 0 Å². The predicted octanol–water partition coefficient (Wildman–Crippen LogP) is 1.21. The largest absolute Gasteiger partial charge is 0.493 e. The lowest BCUT2D eigenvalue weighted by molar-refractivity contribution is 0.0464. The third-order valence-electron chi connectivity index (χ3n) is 6.36. The summed E-state index contributed by atoms with van der Waals surface area (Å²) in [5.74, 6) is 1.44. The van der Waals surface area contributed by atoms with Gasteiger partial charge in [0.1, 0.15) is 12.7 Å². The van der Waals surface area contributed by atoms with Crippen molar-refractivity contribution in [3.8, 4) is 11.5 Å². The molecule has 0 amide bonds. The first-order chi connectivity index (χ1) is 14.6. The molecule has 0 radical (unpaired) electrons. The average molecular weight is 421 g/mol. The average Bonchev–Trinajstić information content (AvgIpc) is 2.79. The maximum atomic E-state index is 10.4. The number of rotatable bonds is 10. The van der Waals surface area contributed by atoms with Gasteiger partial charge in [-0.2, -0.15) is 0 Å². The third kappa shape index (κ3) is 6.82. The fourth-order valence-electron chi connectivity index (χ4n) is 4.28. The van der Waals surface area contributed by atoms with Crippen molar-refractivity contribution in [1.29, 1.82) is 0 Å². The lowest BCUT2D eigenvalue weighted by Crippen LogP contribution is -2.49. The van der Waals surface area contributed by atoms with Gasteiger partial charge in [-0.1, -0.05) is 19.9 Å². The van der Waals surface area contributed by atoms with Gasteiger partial charge in [0.15, 0.2) is 11.5 Å². The zero-order valence-corrected chi connectivity index (χ0v) is 19.1. The molecule has 2 aliphatic heterocycles. The summed E-state index contributed by atoms with van der Waals surface area (Å²) in [5, 5.41) is 10.4. The minimum Gasteiger partial charge on any atom is -0.493 e. The van der Waals surface area contributed by atoms with Gasteiger partial charge >= 0.3 is 0 Å². The zero-order chi connectivity index (χ0) is 21.3. The number of nitrogens with zero attached hydrogens (tertiary/aromatic N) is 4. The number of likely N-dealkylation sites (N-methyl/N-ethyl adjacent to an activating group) is 2. The SMILES string of the molecule is CCN1CCN(Cc2ccc(OC[C@H](O)CN3CCN(CC)CC3)c(OC)c2)CC1. The van der Waals surface area contributed by atoms with Crippen LogP contribution in [0.15, 0.2) is 18.2 Å². The summed E-state index contributed by atoms with van der Waals surface area (Å²) in [7, 11) is 1.68. The number of piperazine rings is 2. The Labute approximate surface area is 182 Å². The van der Waals surface area contributed by atoms with Crippen LogP contribution in [0.5, 0.6) is 11.5 Å². The molecule has 2 aliphatic rings. The molecule has 1 atom stereocenters. The fourth-order valence-corrected chi connectivity index (χ4v) is 4.28. The van der Waals surface area contributed by atoms with E-state index >= 15 is 0 Å². The van der Waals surface area contributed by atoms with Crippen molar-refractivity contribution < 1.29 is 14.6 Å². The van der Waals surface area contributed by atoms with Gasteiger partial charge in [0.25, 0.3) is 0 Å². The van der Waals surface area contributed by atoms with Crippen molar-refractivity contribution in [2.45, 2.75) is 26.5 Å². The summed E-state index contributed by atoms with van der Waals surface area (Å²) < 4.78 is 11.5. The molecule has 0 bridgehead atoms. The van der Waals surface area contributed by atoms with Crippen molar-refractivity contribution in [2.75, 3.05) is 85.7 Å². The van der Waals surface area contributed by atoms with Gasteiger partial charge < -0.3 is 24.4 Å². The Kier molecular flexibility index (Phi) is 9.21. The molecular weight excluding hydrogens is 380 g/mol. The van der Waals surface area contributed by atoms with E-state index in [-0.39, 0.29) is 6.61 Å². The molecule has 30 heavy (non-hydrogen) atoms. The van der Waals surface area contributed by atoms with Gasteiger partial charge in [0.2, 0.25) is 0 Å². The highest BCUT2D eigenvalue weighted by molar-refractivity contribution is 5.43. The van der Waals surface area contributed by atoms with Gasteiger partial charge in [0, 0.05) is 65.4 Å². The number of benzene rings is 1. The van der Waals surface area contributed by atoms with Crippen molar-refractivity contribution in [3.63, 3.8) is 0 Å². The van der Waals surface area contributed by atoms with E-state index in [0.717, 1.165) is 77.7 Å². The van der Waals surface area contributed by atoms with E-state index in [2.05, 4.69) is 45.6 Å². The molecule has 1 aromatic carbocycles. The maximum Gasteiger partial charge on any atom is 0.161 e. The number of ether oxygens (including phenoxy) is 2. The summed E-state index contributed by atoms with van der Waals surface area (Å²) in [6.45, 7) is 17.2. The molecule has 1 aromatic rings. The second-order valence-electron chi connectivity index (χ2n) is 8.40. The van der Waals surface area contributed by atoms with E-state index in [1.807, 2.05) is 6.07 Å². The number of aliphatic hydroxyl groups excluding tert-OH is 1.